The quantitative estimate of drug-likeness (QED) is 0.631. The zero-order chi connectivity index (χ0) is 11.3. The molecule has 17 heavy (non-hydrogen) atoms. The van der Waals surface area contributed by atoms with Gasteiger partial charge in [-0.2, -0.15) is 0 Å². The molecule has 1 heterocycles. The summed E-state index contributed by atoms with van der Waals surface area (Å²) >= 11 is 0. The van der Waals surface area contributed by atoms with Crippen LogP contribution in [0.5, 0.6) is 0 Å². The van der Waals surface area contributed by atoms with Crippen molar-refractivity contribution in [1.29, 1.82) is 0 Å². The normalized spacial score (nSPS) is 27.1. The van der Waals surface area contributed by atoms with Crippen molar-refractivity contribution < 1.29 is 0 Å². The average Bonchev–Trinajstić information content (AvgIpc) is 2.71. The Balaban J connectivity index is 2.10. The Morgan fingerprint density at radius 2 is 2.00 bits per heavy atom. The largest absolute Gasteiger partial charge is 0.260 e. The minimum atomic E-state index is -0.125. The predicted molar refractivity (Wildman–Crippen MR) is 71.0 cm³/mol. The molecule has 80 valence electrons. The third-order valence-corrected chi connectivity index (χ3v) is 3.73. The van der Waals surface area contributed by atoms with Gasteiger partial charge in [-0.1, -0.05) is 42.5 Å². The molecule has 2 aliphatic carbocycles. The van der Waals surface area contributed by atoms with Crippen LogP contribution in [0.1, 0.15) is 11.1 Å². The van der Waals surface area contributed by atoms with Gasteiger partial charge in [-0.3, -0.25) is 4.99 Å². The summed E-state index contributed by atoms with van der Waals surface area (Å²) in [6.07, 6.45) is 14.8. The van der Waals surface area contributed by atoms with Crippen molar-refractivity contribution in [3.63, 3.8) is 0 Å². The highest BCUT2D eigenvalue weighted by Gasteiger charge is 2.43. The van der Waals surface area contributed by atoms with E-state index < -0.39 is 0 Å². The highest BCUT2D eigenvalue weighted by Crippen LogP contribution is 2.51. The highest BCUT2D eigenvalue weighted by molar-refractivity contribution is 5.84. The van der Waals surface area contributed by atoms with Crippen molar-refractivity contribution in [2.24, 2.45) is 4.99 Å². The van der Waals surface area contributed by atoms with E-state index >= 15 is 0 Å². The van der Waals surface area contributed by atoms with Gasteiger partial charge in [-0.15, -0.1) is 0 Å². The van der Waals surface area contributed by atoms with Crippen molar-refractivity contribution in [2.45, 2.75) is 5.41 Å². The molecule has 0 aromatic heterocycles. The van der Waals surface area contributed by atoms with E-state index in [9.17, 15) is 0 Å². The molecule has 1 unspecified atom stereocenters. The predicted octanol–water partition coefficient (Wildman–Crippen LogP) is 3.42. The third kappa shape index (κ3) is 0.967. The van der Waals surface area contributed by atoms with Crippen LogP contribution in [-0.4, -0.2) is 6.21 Å². The zero-order valence-electron chi connectivity index (χ0n) is 9.30. The molecule has 0 N–H and O–H groups in total. The van der Waals surface area contributed by atoms with Gasteiger partial charge in [-0.05, 0) is 34.9 Å². The lowest BCUT2D eigenvalue weighted by Crippen LogP contribution is -2.28. The minimum absolute atomic E-state index is 0.125. The number of dihydropyridines is 1. The maximum atomic E-state index is 4.54. The van der Waals surface area contributed by atoms with E-state index in [-0.39, 0.29) is 5.41 Å². The van der Waals surface area contributed by atoms with Crippen LogP contribution in [0.3, 0.4) is 0 Å². The number of benzene rings is 1. The van der Waals surface area contributed by atoms with Crippen LogP contribution in [0, 0.1) is 0 Å². The number of hydrogen-bond acceptors (Lipinski definition) is 1. The van der Waals surface area contributed by atoms with Crippen molar-refractivity contribution >= 4 is 12.3 Å². The molecule has 1 atom stereocenters. The first-order chi connectivity index (χ1) is 8.41. The molecule has 0 radical (unpaired) electrons. The van der Waals surface area contributed by atoms with Crippen LogP contribution in [-0.2, 0) is 5.41 Å². The maximum Gasteiger partial charge on any atom is 0.0814 e. The lowest BCUT2D eigenvalue weighted by Gasteiger charge is -2.33. The molecule has 0 bridgehead atoms. The van der Waals surface area contributed by atoms with Gasteiger partial charge in [0.2, 0.25) is 0 Å². The number of allylic oxidation sites excluding steroid dienone is 5. The van der Waals surface area contributed by atoms with Gasteiger partial charge in [0, 0.05) is 6.21 Å². The Morgan fingerprint density at radius 1 is 1.06 bits per heavy atom. The second kappa shape index (κ2) is 2.95. The van der Waals surface area contributed by atoms with Crippen LogP contribution >= 0.6 is 0 Å². The molecule has 0 saturated carbocycles. The average molecular weight is 217 g/mol. The van der Waals surface area contributed by atoms with Crippen molar-refractivity contribution in [3.05, 3.63) is 77.0 Å². The number of fused-ring (bicyclic) bond motifs is 1. The molecule has 1 spiro atoms. The first-order valence-corrected chi connectivity index (χ1v) is 5.84. The fourth-order valence-corrected chi connectivity index (χ4v) is 2.99. The van der Waals surface area contributed by atoms with E-state index in [1.54, 1.807) is 0 Å². The molecular formula is C16H11N. The number of rotatable bonds is 0. The third-order valence-electron chi connectivity index (χ3n) is 3.73. The van der Waals surface area contributed by atoms with Gasteiger partial charge in [0.15, 0.2) is 0 Å². The first-order valence-electron chi connectivity index (χ1n) is 5.84. The Morgan fingerprint density at radius 3 is 3.00 bits per heavy atom. The topological polar surface area (TPSA) is 12.4 Å². The Kier molecular flexibility index (Phi) is 1.55. The number of aliphatic imine (C=N–C) groups is 1. The Bertz CT molecular complexity index is 656. The number of nitrogens with zero attached hydrogens (tertiary/aromatic N) is 1. The SMILES string of the molecule is C1=CC2=Cc3ccccc3C23C=CC=NC3=C1. The van der Waals surface area contributed by atoms with Crippen LogP contribution in [0.25, 0.3) is 6.08 Å². The standard InChI is InChI=1S/C16H11N/c1-2-7-14-12(5-1)11-13-6-3-8-15-16(13,14)9-4-10-17-15/h1-11H. The Hall–Kier alpha value is -2.15. The maximum absolute atomic E-state index is 4.54. The monoisotopic (exact) mass is 217 g/mol. The van der Waals surface area contributed by atoms with Crippen molar-refractivity contribution in [3.8, 4) is 0 Å². The molecule has 0 saturated heterocycles. The van der Waals surface area contributed by atoms with Crippen molar-refractivity contribution in [2.75, 3.05) is 0 Å². The molecule has 0 amide bonds. The summed E-state index contributed by atoms with van der Waals surface area (Å²) in [4.78, 5) is 4.54. The van der Waals surface area contributed by atoms with Gasteiger partial charge in [-0.25, -0.2) is 0 Å². The fraction of sp³-hybridized carbons (Fsp3) is 0.0625. The molecular weight excluding hydrogens is 206 g/mol. The van der Waals surface area contributed by atoms with E-state index in [0.29, 0.717) is 0 Å². The molecule has 1 heteroatoms. The second-order valence-electron chi connectivity index (χ2n) is 4.54. The van der Waals surface area contributed by atoms with E-state index in [0.717, 1.165) is 5.70 Å². The second-order valence-corrected chi connectivity index (χ2v) is 4.54. The van der Waals surface area contributed by atoms with Crippen LogP contribution < -0.4 is 0 Å². The summed E-state index contributed by atoms with van der Waals surface area (Å²) < 4.78 is 0. The van der Waals surface area contributed by atoms with Gasteiger partial charge in [0.1, 0.15) is 0 Å². The highest BCUT2D eigenvalue weighted by atomic mass is 14.8. The van der Waals surface area contributed by atoms with Crippen LogP contribution in [0.2, 0.25) is 0 Å². The molecule has 4 rings (SSSR count). The summed E-state index contributed by atoms with van der Waals surface area (Å²) in [6.45, 7) is 0. The van der Waals surface area contributed by atoms with Crippen LogP contribution in [0.4, 0.5) is 0 Å². The molecule has 0 fully saturated rings. The Labute approximate surface area is 100 Å². The van der Waals surface area contributed by atoms with Crippen molar-refractivity contribution in [1.82, 2.24) is 0 Å². The van der Waals surface area contributed by atoms with Gasteiger partial charge in [0.25, 0.3) is 0 Å². The summed E-state index contributed by atoms with van der Waals surface area (Å²) in [6, 6.07) is 8.57. The first kappa shape index (κ1) is 8.94. The fourth-order valence-electron chi connectivity index (χ4n) is 2.99. The number of hydrogen-bond donors (Lipinski definition) is 0. The lowest BCUT2D eigenvalue weighted by atomic mass is 9.71. The van der Waals surface area contributed by atoms with Gasteiger partial charge < -0.3 is 0 Å². The molecule has 1 aromatic carbocycles. The smallest absolute Gasteiger partial charge is 0.0814 e. The summed E-state index contributed by atoms with van der Waals surface area (Å²) in [5, 5.41) is 0. The molecule has 3 aliphatic rings. The van der Waals surface area contributed by atoms with E-state index in [2.05, 4.69) is 59.6 Å². The zero-order valence-corrected chi connectivity index (χ0v) is 9.30. The summed E-state index contributed by atoms with van der Waals surface area (Å²) in [5.74, 6) is 0. The molecule has 1 aliphatic heterocycles. The summed E-state index contributed by atoms with van der Waals surface area (Å²) in [7, 11) is 0. The minimum Gasteiger partial charge on any atom is -0.260 e. The van der Waals surface area contributed by atoms with E-state index in [1.165, 1.54) is 16.7 Å². The van der Waals surface area contributed by atoms with Crippen LogP contribution in [0.15, 0.2) is 70.9 Å². The van der Waals surface area contributed by atoms with E-state index in [1.807, 2.05) is 12.3 Å². The van der Waals surface area contributed by atoms with E-state index in [4.69, 9.17) is 0 Å². The van der Waals surface area contributed by atoms with Gasteiger partial charge in [0.05, 0.1) is 11.1 Å². The lowest BCUT2D eigenvalue weighted by molar-refractivity contribution is 0.752. The summed E-state index contributed by atoms with van der Waals surface area (Å²) in [5.41, 5.74) is 4.98. The molecule has 1 nitrogen and oxygen atoms in total. The molecule has 1 aromatic rings. The van der Waals surface area contributed by atoms with Gasteiger partial charge >= 0.3 is 0 Å².